The first-order valence-corrected chi connectivity index (χ1v) is 11.2. The lowest BCUT2D eigenvalue weighted by atomic mass is 10.1. The number of nitrogens with one attached hydrogen (secondary N) is 1. The molecular formula is C26H23IN2O3. The van der Waals surface area contributed by atoms with Crippen molar-refractivity contribution in [2.24, 2.45) is 0 Å². The highest BCUT2D eigenvalue weighted by molar-refractivity contribution is 14.1. The van der Waals surface area contributed by atoms with E-state index >= 15 is 0 Å². The Morgan fingerprint density at radius 3 is 2.50 bits per heavy atom. The van der Waals surface area contributed by atoms with Gasteiger partial charge in [0.05, 0.1) is 6.61 Å². The van der Waals surface area contributed by atoms with Crippen molar-refractivity contribution >= 4 is 40.3 Å². The van der Waals surface area contributed by atoms with E-state index < -0.39 is 5.91 Å². The molecule has 3 aromatic carbocycles. The van der Waals surface area contributed by atoms with Crippen molar-refractivity contribution in [2.75, 3.05) is 11.9 Å². The predicted octanol–water partition coefficient (Wildman–Crippen LogP) is 6.12. The Labute approximate surface area is 201 Å². The third-order valence-electron chi connectivity index (χ3n) is 4.64. The number of benzene rings is 3. The van der Waals surface area contributed by atoms with E-state index in [1.165, 1.54) is 0 Å². The van der Waals surface area contributed by atoms with E-state index in [1.54, 1.807) is 30.3 Å². The van der Waals surface area contributed by atoms with Crippen LogP contribution < -0.4 is 14.8 Å². The number of aryl methyl sites for hydroxylation is 1. The number of ether oxygens (including phenoxy) is 2. The van der Waals surface area contributed by atoms with Gasteiger partial charge in [-0.15, -0.1) is 0 Å². The first kappa shape index (κ1) is 23.4. The molecule has 32 heavy (non-hydrogen) atoms. The first-order valence-electron chi connectivity index (χ1n) is 10.1. The lowest BCUT2D eigenvalue weighted by Gasteiger charge is -2.13. The van der Waals surface area contributed by atoms with Crippen molar-refractivity contribution in [2.45, 2.75) is 20.5 Å². The van der Waals surface area contributed by atoms with Gasteiger partial charge in [0.15, 0.2) is 11.5 Å². The molecule has 6 heteroatoms. The summed E-state index contributed by atoms with van der Waals surface area (Å²) in [6.07, 6.45) is 1.54. The summed E-state index contributed by atoms with van der Waals surface area (Å²) >= 11 is 2.26. The van der Waals surface area contributed by atoms with Crippen LogP contribution in [0.25, 0.3) is 6.08 Å². The van der Waals surface area contributed by atoms with E-state index in [4.69, 9.17) is 9.47 Å². The van der Waals surface area contributed by atoms with Crippen molar-refractivity contribution in [3.63, 3.8) is 0 Å². The van der Waals surface area contributed by atoms with E-state index in [0.29, 0.717) is 36.0 Å². The Kier molecular flexibility index (Phi) is 8.28. The molecule has 0 aliphatic rings. The molecule has 0 unspecified atom stereocenters. The van der Waals surface area contributed by atoms with Crippen LogP contribution in [0.1, 0.15) is 23.6 Å². The van der Waals surface area contributed by atoms with Gasteiger partial charge in [-0.25, -0.2) is 0 Å². The van der Waals surface area contributed by atoms with E-state index in [9.17, 15) is 10.1 Å². The Balaban J connectivity index is 1.78. The lowest BCUT2D eigenvalue weighted by molar-refractivity contribution is -0.112. The average Bonchev–Trinajstić information content (AvgIpc) is 2.79. The van der Waals surface area contributed by atoms with Gasteiger partial charge in [-0.05, 0) is 89.5 Å². The third kappa shape index (κ3) is 6.34. The molecule has 0 heterocycles. The lowest BCUT2D eigenvalue weighted by Crippen LogP contribution is -2.14. The largest absolute Gasteiger partial charge is 0.490 e. The molecule has 0 atom stereocenters. The Morgan fingerprint density at radius 2 is 1.81 bits per heavy atom. The van der Waals surface area contributed by atoms with Gasteiger partial charge in [0.1, 0.15) is 18.2 Å². The normalized spacial score (nSPS) is 10.9. The maximum Gasteiger partial charge on any atom is 0.266 e. The SMILES string of the molecule is CCOc1cc(/C=C(/C#N)C(=O)Nc2ccccc2C)ccc1OCc1ccc(I)cc1. The number of hydrogen-bond acceptors (Lipinski definition) is 4. The fourth-order valence-corrected chi connectivity index (χ4v) is 3.32. The van der Waals surface area contributed by atoms with E-state index in [2.05, 4.69) is 27.9 Å². The second-order valence-electron chi connectivity index (χ2n) is 6.99. The van der Waals surface area contributed by atoms with Crippen LogP contribution in [0.15, 0.2) is 72.3 Å². The summed E-state index contributed by atoms with van der Waals surface area (Å²) in [5, 5.41) is 12.3. The number of halogens is 1. The number of nitriles is 1. The van der Waals surface area contributed by atoms with Gasteiger partial charge in [0.25, 0.3) is 5.91 Å². The average molecular weight is 538 g/mol. The third-order valence-corrected chi connectivity index (χ3v) is 5.36. The highest BCUT2D eigenvalue weighted by Gasteiger charge is 2.12. The molecule has 162 valence electrons. The summed E-state index contributed by atoms with van der Waals surface area (Å²) in [7, 11) is 0. The van der Waals surface area contributed by atoms with Gasteiger partial charge in [-0.3, -0.25) is 4.79 Å². The fourth-order valence-electron chi connectivity index (χ4n) is 2.96. The zero-order valence-corrected chi connectivity index (χ0v) is 20.0. The smallest absolute Gasteiger partial charge is 0.266 e. The van der Waals surface area contributed by atoms with Crippen LogP contribution in [0.3, 0.4) is 0 Å². The molecule has 0 saturated heterocycles. The minimum atomic E-state index is -0.459. The molecule has 1 N–H and O–H groups in total. The van der Waals surface area contributed by atoms with Crippen LogP contribution in [0.2, 0.25) is 0 Å². The van der Waals surface area contributed by atoms with Crippen LogP contribution in [0.5, 0.6) is 11.5 Å². The second kappa shape index (κ2) is 11.3. The molecule has 0 radical (unpaired) electrons. The first-order chi connectivity index (χ1) is 15.5. The van der Waals surface area contributed by atoms with Crippen molar-refractivity contribution in [3.05, 3.63) is 92.6 Å². The summed E-state index contributed by atoms with van der Waals surface area (Å²) < 4.78 is 12.8. The monoisotopic (exact) mass is 538 g/mol. The molecule has 1 amide bonds. The number of nitrogens with zero attached hydrogens (tertiary/aromatic N) is 1. The molecule has 0 aliphatic carbocycles. The van der Waals surface area contributed by atoms with Gasteiger partial charge in [0, 0.05) is 9.26 Å². The van der Waals surface area contributed by atoms with Crippen molar-refractivity contribution in [1.29, 1.82) is 5.26 Å². The van der Waals surface area contributed by atoms with Crippen LogP contribution in [0, 0.1) is 21.8 Å². The standard InChI is InChI=1S/C26H23IN2O3/c1-3-31-25-15-20(10-13-24(25)32-17-19-8-11-22(27)12-9-19)14-21(16-28)26(30)29-23-7-5-4-6-18(23)2/h4-15H,3,17H2,1-2H3,(H,29,30)/b21-14-. The van der Waals surface area contributed by atoms with E-state index in [1.807, 2.05) is 62.4 Å². The topological polar surface area (TPSA) is 71.3 Å². The highest BCUT2D eigenvalue weighted by Crippen LogP contribution is 2.30. The minimum absolute atomic E-state index is 0.00302. The molecule has 0 bridgehead atoms. The molecule has 0 spiro atoms. The summed E-state index contributed by atoms with van der Waals surface area (Å²) in [5.74, 6) is 0.701. The van der Waals surface area contributed by atoms with Crippen molar-refractivity contribution in [1.82, 2.24) is 0 Å². The molecule has 3 rings (SSSR count). The Morgan fingerprint density at radius 1 is 1.06 bits per heavy atom. The molecule has 0 saturated carbocycles. The van der Waals surface area contributed by atoms with Gasteiger partial charge in [0.2, 0.25) is 0 Å². The van der Waals surface area contributed by atoms with Gasteiger partial charge in [-0.1, -0.05) is 36.4 Å². The molecule has 0 aliphatic heterocycles. The minimum Gasteiger partial charge on any atom is -0.490 e. The van der Waals surface area contributed by atoms with Gasteiger partial charge in [-0.2, -0.15) is 5.26 Å². The molecule has 5 nitrogen and oxygen atoms in total. The number of rotatable bonds is 8. The number of carbonyl (C=O) groups excluding carboxylic acids is 1. The van der Waals surface area contributed by atoms with Gasteiger partial charge < -0.3 is 14.8 Å². The number of carbonyl (C=O) groups is 1. The van der Waals surface area contributed by atoms with Crippen molar-refractivity contribution in [3.8, 4) is 17.6 Å². The highest BCUT2D eigenvalue weighted by atomic mass is 127. The van der Waals surface area contributed by atoms with Crippen molar-refractivity contribution < 1.29 is 14.3 Å². The predicted molar refractivity (Wildman–Crippen MR) is 135 cm³/mol. The summed E-state index contributed by atoms with van der Waals surface area (Å²) in [6, 6.07) is 22.9. The summed E-state index contributed by atoms with van der Waals surface area (Å²) in [6.45, 7) is 4.66. The van der Waals surface area contributed by atoms with Crippen LogP contribution in [0.4, 0.5) is 5.69 Å². The number of hydrogen-bond donors (Lipinski definition) is 1. The maximum atomic E-state index is 12.6. The molecule has 0 fully saturated rings. The number of amides is 1. The second-order valence-corrected chi connectivity index (χ2v) is 8.24. The maximum absolute atomic E-state index is 12.6. The Hall–Kier alpha value is -3.31. The van der Waals surface area contributed by atoms with Crippen LogP contribution in [-0.2, 0) is 11.4 Å². The zero-order chi connectivity index (χ0) is 22.9. The fraction of sp³-hybridized carbons (Fsp3) is 0.154. The molecular weight excluding hydrogens is 515 g/mol. The van der Waals surface area contributed by atoms with Crippen LogP contribution >= 0.6 is 22.6 Å². The summed E-state index contributed by atoms with van der Waals surface area (Å²) in [4.78, 5) is 12.6. The number of para-hydroxylation sites is 1. The zero-order valence-electron chi connectivity index (χ0n) is 17.9. The Bertz CT molecular complexity index is 1160. The quantitative estimate of drug-likeness (QED) is 0.213. The number of anilines is 1. The van der Waals surface area contributed by atoms with Crippen LogP contribution in [-0.4, -0.2) is 12.5 Å². The van der Waals surface area contributed by atoms with Gasteiger partial charge >= 0.3 is 0 Å². The molecule has 0 aromatic heterocycles. The molecule has 3 aromatic rings. The summed E-state index contributed by atoms with van der Waals surface area (Å²) in [5.41, 5.74) is 3.32. The van der Waals surface area contributed by atoms with E-state index in [-0.39, 0.29) is 5.57 Å². The van der Waals surface area contributed by atoms with E-state index in [0.717, 1.165) is 14.7 Å².